The normalized spacial score (nSPS) is 23.4. The van der Waals surface area contributed by atoms with Crippen molar-refractivity contribution >= 4 is 11.6 Å². The van der Waals surface area contributed by atoms with Crippen LogP contribution >= 0.6 is 0 Å². The zero-order valence-corrected chi connectivity index (χ0v) is 12.2. The lowest BCUT2D eigenvalue weighted by atomic mass is 10.1. The number of nitrogens with one attached hydrogen (secondary N) is 1. The fraction of sp³-hybridized carbons (Fsp3) is 0.562. The highest BCUT2D eigenvalue weighted by Gasteiger charge is 2.47. The van der Waals surface area contributed by atoms with E-state index in [4.69, 9.17) is 4.74 Å². The molecule has 0 bridgehead atoms. The van der Waals surface area contributed by atoms with E-state index in [-0.39, 0.29) is 5.91 Å². The van der Waals surface area contributed by atoms with Crippen LogP contribution in [0.25, 0.3) is 0 Å². The molecule has 2 atom stereocenters. The second-order valence-corrected chi connectivity index (χ2v) is 5.63. The minimum absolute atomic E-state index is 0.0792. The second kappa shape index (κ2) is 5.35. The van der Waals surface area contributed by atoms with Crippen LogP contribution in [0, 0.1) is 5.92 Å². The fourth-order valence-corrected chi connectivity index (χ4v) is 3.11. The average molecular weight is 274 g/mol. The molecule has 1 amide bonds. The molecule has 4 heteroatoms. The summed E-state index contributed by atoms with van der Waals surface area (Å²) in [7, 11) is 1.66. The van der Waals surface area contributed by atoms with Gasteiger partial charge in [-0.2, -0.15) is 0 Å². The molecule has 0 aromatic heterocycles. The van der Waals surface area contributed by atoms with Gasteiger partial charge in [0.1, 0.15) is 0 Å². The SMILES string of the molecule is CCCOc1c(C(=O)NC)cccc1N1CCC2C[C@@H]21. The Morgan fingerprint density at radius 1 is 1.50 bits per heavy atom. The molecule has 2 fully saturated rings. The van der Waals surface area contributed by atoms with Gasteiger partial charge in [-0.1, -0.05) is 13.0 Å². The van der Waals surface area contributed by atoms with Gasteiger partial charge in [-0.25, -0.2) is 0 Å². The van der Waals surface area contributed by atoms with Crippen molar-refractivity contribution in [3.05, 3.63) is 23.8 Å². The Hall–Kier alpha value is -1.71. The molecule has 2 aliphatic rings. The number of nitrogens with zero attached hydrogens (tertiary/aromatic N) is 1. The van der Waals surface area contributed by atoms with Crippen LogP contribution in [0.3, 0.4) is 0 Å². The zero-order chi connectivity index (χ0) is 14.1. The zero-order valence-electron chi connectivity index (χ0n) is 12.2. The van der Waals surface area contributed by atoms with Crippen molar-refractivity contribution in [3.63, 3.8) is 0 Å². The van der Waals surface area contributed by atoms with Crippen molar-refractivity contribution in [1.82, 2.24) is 5.32 Å². The third-order valence-corrected chi connectivity index (χ3v) is 4.25. The molecule has 1 aromatic carbocycles. The Morgan fingerprint density at radius 2 is 2.35 bits per heavy atom. The third kappa shape index (κ3) is 2.23. The Morgan fingerprint density at radius 3 is 2.95 bits per heavy atom. The molecule has 1 aliphatic carbocycles. The molecule has 0 spiro atoms. The van der Waals surface area contributed by atoms with Crippen LogP contribution in [0.5, 0.6) is 5.75 Å². The highest BCUT2D eigenvalue weighted by molar-refractivity contribution is 5.98. The number of anilines is 1. The number of piperidine rings is 1. The lowest BCUT2D eigenvalue weighted by Gasteiger charge is -2.25. The predicted octanol–water partition coefficient (Wildman–Crippen LogP) is 2.43. The molecule has 108 valence electrons. The van der Waals surface area contributed by atoms with Crippen LogP contribution in [0.2, 0.25) is 0 Å². The number of rotatable bonds is 5. The van der Waals surface area contributed by atoms with E-state index in [1.807, 2.05) is 12.1 Å². The van der Waals surface area contributed by atoms with Gasteiger partial charge in [0, 0.05) is 19.6 Å². The van der Waals surface area contributed by atoms with E-state index in [1.165, 1.54) is 12.8 Å². The Kier molecular flexibility index (Phi) is 3.55. The van der Waals surface area contributed by atoms with Crippen molar-refractivity contribution in [2.24, 2.45) is 5.92 Å². The van der Waals surface area contributed by atoms with Crippen LogP contribution in [-0.4, -0.2) is 32.1 Å². The summed E-state index contributed by atoms with van der Waals surface area (Å²) in [5.74, 6) is 1.53. The smallest absolute Gasteiger partial charge is 0.254 e. The third-order valence-electron chi connectivity index (χ3n) is 4.25. The number of amides is 1. The molecule has 1 heterocycles. The van der Waals surface area contributed by atoms with E-state index in [0.29, 0.717) is 18.2 Å². The molecule has 1 unspecified atom stereocenters. The maximum atomic E-state index is 12.0. The number of ether oxygens (including phenoxy) is 1. The van der Waals surface area contributed by atoms with Crippen molar-refractivity contribution in [3.8, 4) is 5.75 Å². The first kappa shape index (κ1) is 13.3. The van der Waals surface area contributed by atoms with E-state index in [1.54, 1.807) is 7.05 Å². The number of para-hydroxylation sites is 1. The average Bonchev–Trinajstić information content (AvgIpc) is 3.15. The summed E-state index contributed by atoms with van der Waals surface area (Å²) < 4.78 is 5.92. The van der Waals surface area contributed by atoms with E-state index >= 15 is 0 Å². The topological polar surface area (TPSA) is 41.6 Å². The minimum Gasteiger partial charge on any atom is -0.491 e. The molecule has 20 heavy (non-hydrogen) atoms. The highest BCUT2D eigenvalue weighted by atomic mass is 16.5. The van der Waals surface area contributed by atoms with Gasteiger partial charge in [-0.05, 0) is 37.3 Å². The van der Waals surface area contributed by atoms with Gasteiger partial charge < -0.3 is 15.0 Å². The summed E-state index contributed by atoms with van der Waals surface area (Å²) in [4.78, 5) is 14.5. The van der Waals surface area contributed by atoms with Crippen LogP contribution < -0.4 is 15.0 Å². The monoisotopic (exact) mass is 274 g/mol. The first-order valence-corrected chi connectivity index (χ1v) is 7.50. The largest absolute Gasteiger partial charge is 0.491 e. The molecular weight excluding hydrogens is 252 g/mol. The van der Waals surface area contributed by atoms with Gasteiger partial charge in [-0.15, -0.1) is 0 Å². The number of carbonyl (C=O) groups is 1. The highest BCUT2D eigenvalue weighted by Crippen LogP contribution is 2.49. The van der Waals surface area contributed by atoms with Gasteiger partial charge in [0.15, 0.2) is 5.75 Å². The Labute approximate surface area is 120 Å². The van der Waals surface area contributed by atoms with Gasteiger partial charge >= 0.3 is 0 Å². The summed E-state index contributed by atoms with van der Waals surface area (Å²) in [5.41, 5.74) is 1.73. The molecule has 1 saturated heterocycles. The van der Waals surface area contributed by atoms with Crippen molar-refractivity contribution < 1.29 is 9.53 Å². The van der Waals surface area contributed by atoms with E-state index in [0.717, 1.165) is 30.3 Å². The van der Waals surface area contributed by atoms with E-state index in [9.17, 15) is 4.79 Å². The maximum absolute atomic E-state index is 12.0. The number of hydrogen-bond donors (Lipinski definition) is 1. The fourth-order valence-electron chi connectivity index (χ4n) is 3.11. The molecule has 4 nitrogen and oxygen atoms in total. The van der Waals surface area contributed by atoms with Gasteiger partial charge in [-0.3, -0.25) is 4.79 Å². The predicted molar refractivity (Wildman–Crippen MR) is 79.5 cm³/mol. The summed E-state index contributed by atoms with van der Waals surface area (Å²) >= 11 is 0. The molecule has 1 saturated carbocycles. The van der Waals surface area contributed by atoms with Gasteiger partial charge in [0.05, 0.1) is 17.9 Å². The second-order valence-electron chi connectivity index (χ2n) is 5.63. The molecule has 1 aromatic rings. The molecule has 3 rings (SSSR count). The summed E-state index contributed by atoms with van der Waals surface area (Å²) in [6.07, 6.45) is 3.49. The summed E-state index contributed by atoms with van der Waals surface area (Å²) in [6.45, 7) is 3.80. The molecule has 1 N–H and O–H groups in total. The number of fused-ring (bicyclic) bond motifs is 1. The standard InChI is InChI=1S/C16H22N2O2/c1-3-9-20-15-12(16(19)17-2)5-4-6-13(15)18-8-7-11-10-14(11)18/h4-6,11,14H,3,7-10H2,1-2H3,(H,17,19)/t11?,14-/m0/s1. The lowest BCUT2D eigenvalue weighted by molar-refractivity contribution is 0.0959. The van der Waals surface area contributed by atoms with Crippen molar-refractivity contribution in [2.45, 2.75) is 32.2 Å². The number of benzene rings is 1. The summed E-state index contributed by atoms with van der Waals surface area (Å²) in [5, 5.41) is 2.70. The minimum atomic E-state index is -0.0792. The van der Waals surface area contributed by atoms with Crippen LogP contribution in [0.4, 0.5) is 5.69 Å². The van der Waals surface area contributed by atoms with Crippen molar-refractivity contribution in [1.29, 1.82) is 0 Å². The van der Waals surface area contributed by atoms with Crippen LogP contribution in [0.15, 0.2) is 18.2 Å². The summed E-state index contributed by atoms with van der Waals surface area (Å²) in [6, 6.07) is 6.54. The van der Waals surface area contributed by atoms with Crippen molar-refractivity contribution in [2.75, 3.05) is 25.1 Å². The van der Waals surface area contributed by atoms with Gasteiger partial charge in [0.25, 0.3) is 5.91 Å². The van der Waals surface area contributed by atoms with E-state index < -0.39 is 0 Å². The molecule has 1 aliphatic heterocycles. The first-order chi connectivity index (χ1) is 9.76. The van der Waals surface area contributed by atoms with Crippen LogP contribution in [-0.2, 0) is 0 Å². The molecular formula is C16H22N2O2. The number of hydrogen-bond acceptors (Lipinski definition) is 3. The van der Waals surface area contributed by atoms with E-state index in [2.05, 4.69) is 23.2 Å². The lowest BCUT2D eigenvalue weighted by Crippen LogP contribution is -2.25. The Bertz CT molecular complexity index is 515. The van der Waals surface area contributed by atoms with Gasteiger partial charge in [0.2, 0.25) is 0 Å². The number of carbonyl (C=O) groups excluding carboxylic acids is 1. The first-order valence-electron chi connectivity index (χ1n) is 7.50. The quantitative estimate of drug-likeness (QED) is 0.896. The maximum Gasteiger partial charge on any atom is 0.254 e. The van der Waals surface area contributed by atoms with Crippen LogP contribution in [0.1, 0.15) is 36.5 Å². The Balaban J connectivity index is 1.96. The molecule has 0 radical (unpaired) electrons.